The van der Waals surface area contributed by atoms with E-state index in [-0.39, 0.29) is 0 Å². The van der Waals surface area contributed by atoms with E-state index < -0.39 is 6.10 Å². The van der Waals surface area contributed by atoms with Gasteiger partial charge < -0.3 is 10.0 Å². The third-order valence-corrected chi connectivity index (χ3v) is 5.05. The van der Waals surface area contributed by atoms with Crippen molar-refractivity contribution in [2.24, 2.45) is 11.3 Å². The van der Waals surface area contributed by atoms with Gasteiger partial charge in [0.1, 0.15) is 0 Å². The molecule has 1 aliphatic heterocycles. The van der Waals surface area contributed by atoms with Crippen LogP contribution in [0, 0.1) is 11.3 Å². The lowest BCUT2D eigenvalue weighted by Gasteiger charge is -2.30. The highest BCUT2D eigenvalue weighted by Crippen LogP contribution is 2.37. The molecular formula is C18H28ClNO. The van der Waals surface area contributed by atoms with Crippen molar-refractivity contribution < 1.29 is 5.11 Å². The Morgan fingerprint density at radius 3 is 2.52 bits per heavy atom. The van der Waals surface area contributed by atoms with E-state index in [0.717, 1.165) is 35.3 Å². The number of aliphatic hydroxyl groups excluding tert-OH is 1. The summed E-state index contributed by atoms with van der Waals surface area (Å²) in [5, 5.41) is 10.4. The van der Waals surface area contributed by atoms with Gasteiger partial charge in [0.05, 0.1) is 16.8 Å². The first-order valence-corrected chi connectivity index (χ1v) is 8.39. The maximum Gasteiger partial charge on any atom is 0.0762 e. The van der Waals surface area contributed by atoms with Crippen LogP contribution >= 0.6 is 11.6 Å². The lowest BCUT2D eigenvalue weighted by Crippen LogP contribution is -2.26. The van der Waals surface area contributed by atoms with Crippen LogP contribution in [-0.2, 0) is 0 Å². The zero-order valence-corrected chi connectivity index (χ0v) is 14.5. The predicted octanol–water partition coefficient (Wildman–Crippen LogP) is 5.05. The van der Waals surface area contributed by atoms with Gasteiger partial charge in [0, 0.05) is 13.1 Å². The van der Waals surface area contributed by atoms with Gasteiger partial charge in [0.15, 0.2) is 0 Å². The second-order valence-electron chi connectivity index (χ2n) is 7.37. The Bertz CT molecular complexity index is 479. The SMILES string of the molecule is C[C@H](O)c1ccc(N2CCCC(C(C)(C)C)CC2)c(Cl)c1. The number of halogens is 1. The van der Waals surface area contributed by atoms with Gasteiger partial charge in [-0.1, -0.05) is 38.4 Å². The molecule has 0 bridgehead atoms. The molecular weight excluding hydrogens is 282 g/mol. The fourth-order valence-electron chi connectivity index (χ4n) is 3.24. The zero-order chi connectivity index (χ0) is 15.6. The average molecular weight is 310 g/mol. The van der Waals surface area contributed by atoms with Crippen LogP contribution in [0.1, 0.15) is 58.6 Å². The van der Waals surface area contributed by atoms with Crippen LogP contribution in [-0.4, -0.2) is 18.2 Å². The Hall–Kier alpha value is -0.730. The summed E-state index contributed by atoms with van der Waals surface area (Å²) in [6, 6.07) is 5.94. The summed E-state index contributed by atoms with van der Waals surface area (Å²) in [7, 11) is 0. The Morgan fingerprint density at radius 1 is 1.24 bits per heavy atom. The van der Waals surface area contributed by atoms with Crippen molar-refractivity contribution >= 4 is 17.3 Å². The predicted molar refractivity (Wildman–Crippen MR) is 91.1 cm³/mol. The quantitative estimate of drug-likeness (QED) is 0.826. The van der Waals surface area contributed by atoms with Crippen molar-refractivity contribution in [2.75, 3.05) is 18.0 Å². The summed E-state index contributed by atoms with van der Waals surface area (Å²) >= 11 is 6.43. The first-order chi connectivity index (χ1) is 9.79. The van der Waals surface area contributed by atoms with Crippen LogP contribution in [0.3, 0.4) is 0 Å². The average Bonchev–Trinajstić information content (AvgIpc) is 2.63. The van der Waals surface area contributed by atoms with Crippen molar-refractivity contribution in [2.45, 2.75) is 53.1 Å². The summed E-state index contributed by atoms with van der Waals surface area (Å²) in [6.45, 7) is 10.9. The van der Waals surface area contributed by atoms with Crippen molar-refractivity contribution in [1.82, 2.24) is 0 Å². The lowest BCUT2D eigenvalue weighted by atomic mass is 9.77. The highest BCUT2D eigenvalue weighted by Gasteiger charge is 2.27. The van der Waals surface area contributed by atoms with Crippen LogP contribution in [0.5, 0.6) is 0 Å². The maximum absolute atomic E-state index is 9.65. The van der Waals surface area contributed by atoms with Gasteiger partial charge in [-0.15, -0.1) is 0 Å². The molecule has 1 N–H and O–H groups in total. The van der Waals surface area contributed by atoms with Gasteiger partial charge in [-0.25, -0.2) is 0 Å². The van der Waals surface area contributed by atoms with E-state index >= 15 is 0 Å². The van der Waals surface area contributed by atoms with E-state index in [1.54, 1.807) is 6.92 Å². The molecule has 2 rings (SSSR count). The van der Waals surface area contributed by atoms with Gasteiger partial charge >= 0.3 is 0 Å². The van der Waals surface area contributed by atoms with E-state index in [9.17, 15) is 5.11 Å². The Kier molecular flexibility index (Phi) is 5.21. The molecule has 118 valence electrons. The fourth-order valence-corrected chi connectivity index (χ4v) is 3.55. The highest BCUT2D eigenvalue weighted by molar-refractivity contribution is 6.33. The van der Waals surface area contributed by atoms with Gasteiger partial charge in [-0.3, -0.25) is 0 Å². The lowest BCUT2D eigenvalue weighted by molar-refractivity contribution is 0.199. The number of benzene rings is 1. The molecule has 1 aromatic rings. The smallest absolute Gasteiger partial charge is 0.0762 e. The van der Waals surface area contributed by atoms with Crippen LogP contribution in [0.25, 0.3) is 0 Å². The van der Waals surface area contributed by atoms with E-state index in [2.05, 4.69) is 31.7 Å². The van der Waals surface area contributed by atoms with E-state index in [0.29, 0.717) is 5.41 Å². The second-order valence-corrected chi connectivity index (χ2v) is 7.77. The molecule has 1 aliphatic rings. The third kappa shape index (κ3) is 4.14. The van der Waals surface area contributed by atoms with Crippen molar-refractivity contribution in [3.63, 3.8) is 0 Å². The largest absolute Gasteiger partial charge is 0.389 e. The number of rotatable bonds is 2. The molecule has 1 saturated heterocycles. The summed E-state index contributed by atoms with van der Waals surface area (Å²) in [5.74, 6) is 0.776. The molecule has 0 saturated carbocycles. The molecule has 0 aromatic heterocycles. The molecule has 1 heterocycles. The Morgan fingerprint density at radius 2 is 1.95 bits per heavy atom. The van der Waals surface area contributed by atoms with Gasteiger partial charge in [-0.2, -0.15) is 0 Å². The molecule has 2 atom stereocenters. The summed E-state index contributed by atoms with van der Waals surface area (Å²) in [4.78, 5) is 2.40. The van der Waals surface area contributed by atoms with Gasteiger partial charge in [0.25, 0.3) is 0 Å². The summed E-state index contributed by atoms with van der Waals surface area (Å²) in [6.07, 6.45) is 3.27. The van der Waals surface area contributed by atoms with E-state index in [1.807, 2.05) is 12.1 Å². The minimum absolute atomic E-state index is 0.385. The van der Waals surface area contributed by atoms with Crippen molar-refractivity contribution in [1.29, 1.82) is 0 Å². The number of aliphatic hydroxyl groups is 1. The molecule has 1 fully saturated rings. The van der Waals surface area contributed by atoms with Crippen LogP contribution in [0.2, 0.25) is 5.02 Å². The minimum atomic E-state index is -0.467. The monoisotopic (exact) mass is 309 g/mol. The molecule has 0 aliphatic carbocycles. The molecule has 0 spiro atoms. The third-order valence-electron chi connectivity index (χ3n) is 4.75. The Labute approximate surface area is 134 Å². The molecule has 3 heteroatoms. The van der Waals surface area contributed by atoms with Gasteiger partial charge in [-0.05, 0) is 55.2 Å². The number of nitrogens with zero attached hydrogens (tertiary/aromatic N) is 1. The van der Waals surface area contributed by atoms with Crippen LogP contribution in [0.15, 0.2) is 18.2 Å². The molecule has 0 radical (unpaired) electrons. The molecule has 1 unspecified atom stereocenters. The van der Waals surface area contributed by atoms with Crippen LogP contribution in [0.4, 0.5) is 5.69 Å². The van der Waals surface area contributed by atoms with E-state index in [1.165, 1.54) is 19.3 Å². The Balaban J connectivity index is 2.12. The molecule has 1 aromatic carbocycles. The van der Waals surface area contributed by atoms with Gasteiger partial charge in [0.2, 0.25) is 0 Å². The first kappa shape index (κ1) is 16.6. The minimum Gasteiger partial charge on any atom is -0.389 e. The number of hydrogen-bond donors (Lipinski definition) is 1. The molecule has 2 nitrogen and oxygen atoms in total. The summed E-state index contributed by atoms with van der Waals surface area (Å²) in [5.41, 5.74) is 2.37. The van der Waals surface area contributed by atoms with E-state index in [4.69, 9.17) is 11.6 Å². The molecule has 21 heavy (non-hydrogen) atoms. The molecule has 0 amide bonds. The fraction of sp³-hybridized carbons (Fsp3) is 0.667. The first-order valence-electron chi connectivity index (χ1n) is 8.01. The summed E-state index contributed by atoms with van der Waals surface area (Å²) < 4.78 is 0. The number of anilines is 1. The second kappa shape index (κ2) is 6.58. The zero-order valence-electron chi connectivity index (χ0n) is 13.7. The number of hydrogen-bond acceptors (Lipinski definition) is 2. The van der Waals surface area contributed by atoms with Crippen molar-refractivity contribution in [3.8, 4) is 0 Å². The van der Waals surface area contributed by atoms with Crippen LogP contribution < -0.4 is 4.90 Å². The van der Waals surface area contributed by atoms with Crippen molar-refractivity contribution in [3.05, 3.63) is 28.8 Å². The topological polar surface area (TPSA) is 23.5 Å². The standard InChI is InChI=1S/C18H28ClNO/c1-13(21)14-7-8-17(16(19)12-14)20-10-5-6-15(9-11-20)18(2,3)4/h7-8,12-13,15,21H,5-6,9-11H2,1-4H3/t13-,15?/m0/s1. The highest BCUT2D eigenvalue weighted by atomic mass is 35.5. The normalized spacial score (nSPS) is 22.0. The maximum atomic E-state index is 9.65.